The predicted octanol–water partition coefficient (Wildman–Crippen LogP) is 3.18. The van der Waals surface area contributed by atoms with Crippen molar-refractivity contribution in [2.75, 3.05) is 13.2 Å². The lowest BCUT2D eigenvalue weighted by Gasteiger charge is -2.21. The summed E-state index contributed by atoms with van der Waals surface area (Å²) in [6.45, 7) is 3.60. The smallest absolute Gasteiger partial charge is 0.159 e. The van der Waals surface area contributed by atoms with Gasteiger partial charge in [-0.3, -0.25) is 0 Å². The highest BCUT2D eigenvalue weighted by atomic mass is 19.2. The van der Waals surface area contributed by atoms with Crippen molar-refractivity contribution in [3.8, 4) is 0 Å². The van der Waals surface area contributed by atoms with E-state index in [2.05, 4.69) is 5.32 Å². The van der Waals surface area contributed by atoms with Gasteiger partial charge in [0.15, 0.2) is 11.6 Å². The van der Waals surface area contributed by atoms with Crippen LogP contribution in [0.15, 0.2) is 18.2 Å². The zero-order chi connectivity index (χ0) is 13.0. The van der Waals surface area contributed by atoms with Crippen molar-refractivity contribution >= 4 is 0 Å². The molecular weight excluding hydrogens is 236 g/mol. The van der Waals surface area contributed by atoms with Crippen molar-refractivity contribution in [1.82, 2.24) is 5.32 Å². The summed E-state index contributed by atoms with van der Waals surface area (Å²) >= 11 is 0. The quantitative estimate of drug-likeness (QED) is 0.872. The molecule has 1 N–H and O–H groups in total. The normalized spacial score (nSPS) is 21.2. The SMILES string of the molecule is CCNC(CC1CCCO1)c1ccc(F)c(F)c1. The third-order valence-electron chi connectivity index (χ3n) is 3.32. The van der Waals surface area contributed by atoms with E-state index in [4.69, 9.17) is 4.74 Å². The van der Waals surface area contributed by atoms with Crippen molar-refractivity contribution < 1.29 is 13.5 Å². The van der Waals surface area contributed by atoms with E-state index in [1.54, 1.807) is 6.07 Å². The molecule has 0 spiro atoms. The Hall–Kier alpha value is -1.00. The fourth-order valence-corrected chi connectivity index (χ4v) is 2.41. The van der Waals surface area contributed by atoms with Crippen LogP contribution in [0.5, 0.6) is 0 Å². The van der Waals surface area contributed by atoms with Gasteiger partial charge in [-0.1, -0.05) is 13.0 Å². The van der Waals surface area contributed by atoms with Gasteiger partial charge in [0.2, 0.25) is 0 Å². The van der Waals surface area contributed by atoms with E-state index in [0.717, 1.165) is 38.0 Å². The lowest BCUT2D eigenvalue weighted by atomic mass is 9.99. The fourth-order valence-electron chi connectivity index (χ4n) is 2.41. The van der Waals surface area contributed by atoms with Crippen LogP contribution in [-0.2, 0) is 4.74 Å². The van der Waals surface area contributed by atoms with E-state index >= 15 is 0 Å². The maximum atomic E-state index is 13.3. The van der Waals surface area contributed by atoms with Crippen molar-refractivity contribution in [1.29, 1.82) is 0 Å². The fraction of sp³-hybridized carbons (Fsp3) is 0.571. The van der Waals surface area contributed by atoms with Crippen LogP contribution in [0.1, 0.15) is 37.8 Å². The number of rotatable bonds is 5. The van der Waals surface area contributed by atoms with Crippen molar-refractivity contribution in [3.05, 3.63) is 35.4 Å². The molecular formula is C14H19F2NO. The molecule has 2 unspecified atom stereocenters. The van der Waals surface area contributed by atoms with Crippen LogP contribution in [0.3, 0.4) is 0 Å². The van der Waals surface area contributed by atoms with Crippen molar-refractivity contribution in [3.63, 3.8) is 0 Å². The Morgan fingerprint density at radius 2 is 2.22 bits per heavy atom. The molecule has 1 aromatic carbocycles. The van der Waals surface area contributed by atoms with Gasteiger partial charge in [-0.2, -0.15) is 0 Å². The van der Waals surface area contributed by atoms with E-state index in [9.17, 15) is 8.78 Å². The van der Waals surface area contributed by atoms with E-state index < -0.39 is 11.6 Å². The van der Waals surface area contributed by atoms with Gasteiger partial charge in [0, 0.05) is 12.6 Å². The molecule has 0 bridgehead atoms. The van der Waals surface area contributed by atoms with Crippen LogP contribution >= 0.6 is 0 Å². The maximum absolute atomic E-state index is 13.3. The van der Waals surface area contributed by atoms with Gasteiger partial charge in [0.05, 0.1) is 6.10 Å². The Kier molecular flexibility index (Phi) is 4.66. The molecule has 1 saturated heterocycles. The number of hydrogen-bond acceptors (Lipinski definition) is 2. The molecule has 0 amide bonds. The summed E-state index contributed by atoms with van der Waals surface area (Å²) in [6, 6.07) is 4.12. The van der Waals surface area contributed by atoms with Gasteiger partial charge in [-0.25, -0.2) is 8.78 Å². The maximum Gasteiger partial charge on any atom is 0.159 e. The topological polar surface area (TPSA) is 21.3 Å². The minimum absolute atomic E-state index is 0.0215. The second-order valence-corrected chi connectivity index (χ2v) is 4.65. The van der Waals surface area contributed by atoms with Crippen LogP contribution < -0.4 is 5.32 Å². The first kappa shape index (κ1) is 13.4. The first-order valence-electron chi connectivity index (χ1n) is 6.50. The average molecular weight is 255 g/mol. The monoisotopic (exact) mass is 255 g/mol. The second-order valence-electron chi connectivity index (χ2n) is 4.65. The number of halogens is 2. The van der Waals surface area contributed by atoms with Crippen LogP contribution in [0, 0.1) is 11.6 Å². The van der Waals surface area contributed by atoms with Gasteiger partial charge in [-0.15, -0.1) is 0 Å². The molecule has 4 heteroatoms. The molecule has 1 fully saturated rings. The summed E-state index contributed by atoms with van der Waals surface area (Å²) in [7, 11) is 0. The summed E-state index contributed by atoms with van der Waals surface area (Å²) in [5, 5.41) is 3.30. The van der Waals surface area contributed by atoms with E-state index in [1.165, 1.54) is 12.1 Å². The molecule has 1 aliphatic rings. The first-order valence-corrected chi connectivity index (χ1v) is 6.50. The molecule has 0 radical (unpaired) electrons. The molecule has 0 aliphatic carbocycles. The molecule has 0 aromatic heterocycles. The summed E-state index contributed by atoms with van der Waals surface area (Å²) in [5.74, 6) is -1.59. The van der Waals surface area contributed by atoms with Gasteiger partial charge < -0.3 is 10.1 Å². The third kappa shape index (κ3) is 3.27. The minimum atomic E-state index is -0.800. The molecule has 2 atom stereocenters. The second kappa shape index (κ2) is 6.25. The molecule has 1 aliphatic heterocycles. The Morgan fingerprint density at radius 1 is 1.39 bits per heavy atom. The molecule has 2 nitrogen and oxygen atoms in total. The number of nitrogens with one attached hydrogen (secondary N) is 1. The van der Waals surface area contributed by atoms with E-state index in [0.29, 0.717) is 0 Å². The van der Waals surface area contributed by atoms with Gasteiger partial charge in [0.25, 0.3) is 0 Å². The molecule has 1 heterocycles. The summed E-state index contributed by atoms with van der Waals surface area (Å²) in [4.78, 5) is 0. The van der Waals surface area contributed by atoms with Gasteiger partial charge in [0.1, 0.15) is 0 Å². The molecule has 1 aromatic rings. The van der Waals surface area contributed by atoms with Crippen molar-refractivity contribution in [2.45, 2.75) is 38.3 Å². The lowest BCUT2D eigenvalue weighted by molar-refractivity contribution is 0.0947. The Balaban J connectivity index is 2.09. The summed E-state index contributed by atoms with van der Waals surface area (Å²) in [6.07, 6.45) is 3.16. The third-order valence-corrected chi connectivity index (χ3v) is 3.32. The predicted molar refractivity (Wildman–Crippen MR) is 66.4 cm³/mol. The first-order chi connectivity index (χ1) is 8.70. The molecule has 2 rings (SSSR count). The number of hydrogen-bond donors (Lipinski definition) is 1. The minimum Gasteiger partial charge on any atom is -0.378 e. The van der Waals surface area contributed by atoms with E-state index in [1.807, 2.05) is 6.92 Å². The standard InChI is InChI=1S/C14H19F2NO/c1-2-17-14(9-11-4-3-7-18-11)10-5-6-12(15)13(16)8-10/h5-6,8,11,14,17H,2-4,7,9H2,1H3. The van der Waals surface area contributed by atoms with Gasteiger partial charge in [-0.05, 0) is 43.5 Å². The highest BCUT2D eigenvalue weighted by Crippen LogP contribution is 2.26. The van der Waals surface area contributed by atoms with Crippen LogP contribution in [-0.4, -0.2) is 19.3 Å². The van der Waals surface area contributed by atoms with Crippen molar-refractivity contribution in [2.24, 2.45) is 0 Å². The lowest BCUT2D eigenvalue weighted by Crippen LogP contribution is -2.25. The zero-order valence-corrected chi connectivity index (χ0v) is 10.6. The zero-order valence-electron chi connectivity index (χ0n) is 10.6. The Labute approximate surface area is 106 Å². The highest BCUT2D eigenvalue weighted by Gasteiger charge is 2.22. The Bertz CT molecular complexity index is 391. The number of ether oxygens (including phenoxy) is 1. The molecule has 0 saturated carbocycles. The number of benzene rings is 1. The largest absolute Gasteiger partial charge is 0.378 e. The Morgan fingerprint density at radius 3 is 2.83 bits per heavy atom. The molecule has 18 heavy (non-hydrogen) atoms. The van der Waals surface area contributed by atoms with E-state index in [-0.39, 0.29) is 12.1 Å². The molecule has 100 valence electrons. The van der Waals surface area contributed by atoms with Gasteiger partial charge >= 0.3 is 0 Å². The average Bonchev–Trinajstić information content (AvgIpc) is 2.85. The highest BCUT2D eigenvalue weighted by molar-refractivity contribution is 5.21. The van der Waals surface area contributed by atoms with Crippen LogP contribution in [0.4, 0.5) is 8.78 Å². The van der Waals surface area contributed by atoms with Crippen LogP contribution in [0.25, 0.3) is 0 Å². The summed E-state index contributed by atoms with van der Waals surface area (Å²) in [5.41, 5.74) is 0.784. The summed E-state index contributed by atoms with van der Waals surface area (Å²) < 4.78 is 31.8. The van der Waals surface area contributed by atoms with Crippen LogP contribution in [0.2, 0.25) is 0 Å².